The molecule has 1 saturated carbocycles. The summed E-state index contributed by atoms with van der Waals surface area (Å²) in [6, 6.07) is 14.6. The summed E-state index contributed by atoms with van der Waals surface area (Å²) < 4.78 is 11.8. The van der Waals surface area contributed by atoms with Crippen LogP contribution in [0.15, 0.2) is 49.1 Å². The summed E-state index contributed by atoms with van der Waals surface area (Å²) in [5, 5.41) is 12.4. The number of aromatic nitrogens is 2. The van der Waals surface area contributed by atoms with Gasteiger partial charge in [-0.2, -0.15) is 15.2 Å². The van der Waals surface area contributed by atoms with Gasteiger partial charge in [0.25, 0.3) is 0 Å². The van der Waals surface area contributed by atoms with Crippen molar-refractivity contribution in [3.05, 3.63) is 65.3 Å². The summed E-state index contributed by atoms with van der Waals surface area (Å²) in [5.74, 6) is 0.673. The molecule has 6 rings (SSSR count). The van der Waals surface area contributed by atoms with E-state index >= 15 is 0 Å². The summed E-state index contributed by atoms with van der Waals surface area (Å²) in [7, 11) is 3.89. The van der Waals surface area contributed by atoms with Crippen LogP contribution in [0, 0.1) is 11.3 Å². The molecule has 1 aliphatic carbocycles. The number of piperazine rings is 1. The maximum atomic E-state index is 12.6. The third-order valence-electron chi connectivity index (χ3n) is 9.93. The molecule has 0 radical (unpaired) electrons. The molecule has 1 unspecified atom stereocenters. The first-order valence-electron chi connectivity index (χ1n) is 16.1. The topological polar surface area (TPSA) is 98.1 Å². The van der Waals surface area contributed by atoms with Crippen LogP contribution in [-0.2, 0) is 22.5 Å². The van der Waals surface area contributed by atoms with Crippen molar-refractivity contribution in [3.63, 3.8) is 0 Å². The van der Waals surface area contributed by atoms with Gasteiger partial charge in [-0.1, -0.05) is 42.4 Å². The van der Waals surface area contributed by atoms with E-state index in [9.17, 15) is 10.1 Å². The zero-order valence-corrected chi connectivity index (χ0v) is 27.5. The van der Waals surface area contributed by atoms with Gasteiger partial charge in [0.1, 0.15) is 12.4 Å². The van der Waals surface area contributed by atoms with Gasteiger partial charge >= 0.3 is 6.01 Å². The lowest BCUT2D eigenvalue weighted by atomic mass is 9.76. The van der Waals surface area contributed by atoms with E-state index in [1.807, 2.05) is 12.1 Å². The van der Waals surface area contributed by atoms with Crippen molar-refractivity contribution in [2.75, 3.05) is 69.9 Å². The van der Waals surface area contributed by atoms with Crippen LogP contribution in [0.25, 0.3) is 10.8 Å². The molecule has 1 aromatic heterocycles. The molecule has 3 heterocycles. The van der Waals surface area contributed by atoms with E-state index in [0.29, 0.717) is 45.4 Å². The first-order chi connectivity index (χ1) is 22.4. The number of carbonyl (C=O) groups is 1. The molecule has 0 bridgehead atoms. The van der Waals surface area contributed by atoms with Gasteiger partial charge < -0.3 is 24.2 Å². The number of nitrogens with zero attached hydrogens (tertiary/aromatic N) is 7. The predicted molar refractivity (Wildman–Crippen MR) is 180 cm³/mol. The maximum absolute atomic E-state index is 12.6. The van der Waals surface area contributed by atoms with Crippen molar-refractivity contribution in [3.8, 4) is 12.1 Å². The number of halogens is 1. The number of methoxy groups -OCH3 is 1. The summed E-state index contributed by atoms with van der Waals surface area (Å²) >= 11 is 6.72. The molecule has 2 fully saturated rings. The maximum Gasteiger partial charge on any atom is 0.318 e. The number of fused-ring (bicyclic) bond motifs is 2. The molecule has 46 heavy (non-hydrogen) atoms. The molecule has 11 heteroatoms. The Bertz CT molecular complexity index is 1630. The molecular formula is C35H42ClN7O3. The van der Waals surface area contributed by atoms with Crippen LogP contribution in [0.2, 0.25) is 5.02 Å². The Morgan fingerprint density at radius 2 is 2.00 bits per heavy atom. The van der Waals surface area contributed by atoms with Gasteiger partial charge in [-0.15, -0.1) is 0 Å². The molecule has 2 aliphatic heterocycles. The molecule has 1 amide bonds. The SMILES string of the molecule is C=CC(=O)N1CCN(c2nc(OCCN(C)C3(COC)CCC3)nc3c2CCN(c2cccc4cccc(Cl)c24)C3)CC1CC#N. The Morgan fingerprint density at radius 1 is 1.20 bits per heavy atom. The fraction of sp³-hybridized carbons (Fsp3) is 0.486. The second-order valence-electron chi connectivity index (χ2n) is 12.5. The van der Waals surface area contributed by atoms with E-state index in [0.717, 1.165) is 70.9 Å². The second kappa shape index (κ2) is 13.8. The van der Waals surface area contributed by atoms with Crippen molar-refractivity contribution in [2.24, 2.45) is 0 Å². The molecule has 3 aromatic rings. The van der Waals surface area contributed by atoms with Crippen molar-refractivity contribution < 1.29 is 14.3 Å². The fourth-order valence-electron chi connectivity index (χ4n) is 7.20. The van der Waals surface area contributed by atoms with Crippen LogP contribution in [0.4, 0.5) is 11.5 Å². The highest BCUT2D eigenvalue weighted by Gasteiger charge is 2.40. The molecule has 0 N–H and O–H groups in total. The number of hydrogen-bond donors (Lipinski definition) is 0. The lowest BCUT2D eigenvalue weighted by molar-refractivity contribution is -0.128. The number of nitriles is 1. The normalized spacial score (nSPS) is 19.0. The van der Waals surface area contributed by atoms with Crippen molar-refractivity contribution in [1.29, 1.82) is 5.26 Å². The van der Waals surface area contributed by atoms with Crippen molar-refractivity contribution >= 4 is 39.8 Å². The Labute approximate surface area is 276 Å². The predicted octanol–water partition coefficient (Wildman–Crippen LogP) is 4.84. The van der Waals surface area contributed by atoms with Crippen LogP contribution >= 0.6 is 11.6 Å². The lowest BCUT2D eigenvalue weighted by Gasteiger charge is -2.48. The number of carbonyl (C=O) groups excluding carboxylic acids is 1. The van der Waals surface area contributed by atoms with E-state index in [-0.39, 0.29) is 23.9 Å². The van der Waals surface area contributed by atoms with Gasteiger partial charge in [0, 0.05) is 62.0 Å². The highest BCUT2D eigenvalue weighted by atomic mass is 35.5. The summed E-state index contributed by atoms with van der Waals surface area (Å²) in [6.07, 6.45) is 5.75. The first kappa shape index (κ1) is 32.0. The Kier molecular flexibility index (Phi) is 9.64. The van der Waals surface area contributed by atoms with E-state index in [1.165, 1.54) is 12.5 Å². The van der Waals surface area contributed by atoms with Gasteiger partial charge in [0.2, 0.25) is 5.91 Å². The average Bonchev–Trinajstić information content (AvgIpc) is 3.05. The largest absolute Gasteiger partial charge is 0.462 e. The van der Waals surface area contributed by atoms with E-state index in [1.54, 1.807) is 12.0 Å². The fourth-order valence-corrected chi connectivity index (χ4v) is 7.47. The number of amides is 1. The molecule has 3 aliphatic rings. The van der Waals surface area contributed by atoms with Crippen molar-refractivity contribution in [1.82, 2.24) is 19.8 Å². The highest BCUT2D eigenvalue weighted by Crippen LogP contribution is 2.38. The smallest absolute Gasteiger partial charge is 0.318 e. The standard InChI is InChI=1S/C35H42ClN7O3/c1-4-31(44)43-19-18-42(22-26(43)12-16-37)33-27-13-17-41(30-11-6-9-25-8-5-10-28(36)32(25)30)23-29(27)38-34(39-33)46-21-20-40(2)35(24-45-3)14-7-15-35/h4-6,8-11,26H,1,7,12-15,17-24H2,2-3H3. The first-order valence-corrected chi connectivity index (χ1v) is 16.4. The number of ether oxygens (including phenoxy) is 2. The number of benzene rings is 2. The van der Waals surface area contributed by atoms with Gasteiger partial charge in [-0.25, -0.2) is 0 Å². The Hall–Kier alpha value is -3.91. The highest BCUT2D eigenvalue weighted by molar-refractivity contribution is 6.36. The molecule has 1 saturated heterocycles. The van der Waals surface area contributed by atoms with Crippen LogP contribution < -0.4 is 14.5 Å². The average molecular weight is 644 g/mol. The third-order valence-corrected chi connectivity index (χ3v) is 10.2. The van der Waals surface area contributed by atoms with Crippen molar-refractivity contribution in [2.45, 2.75) is 50.2 Å². The number of rotatable bonds is 11. The quantitative estimate of drug-likeness (QED) is 0.272. The minimum absolute atomic E-state index is 0.0680. The third kappa shape index (κ3) is 6.24. The number of hydrogen-bond acceptors (Lipinski definition) is 9. The van der Waals surface area contributed by atoms with Crippen LogP contribution in [-0.4, -0.2) is 97.4 Å². The van der Waals surface area contributed by atoms with Crippen LogP contribution in [0.5, 0.6) is 6.01 Å². The Balaban J connectivity index is 1.29. The van der Waals surface area contributed by atoms with E-state index in [2.05, 4.69) is 58.7 Å². The monoisotopic (exact) mass is 643 g/mol. The minimum Gasteiger partial charge on any atom is -0.462 e. The van der Waals surface area contributed by atoms with Crippen LogP contribution in [0.1, 0.15) is 36.9 Å². The van der Waals surface area contributed by atoms with Crippen LogP contribution in [0.3, 0.4) is 0 Å². The molecule has 10 nitrogen and oxygen atoms in total. The van der Waals surface area contributed by atoms with Gasteiger partial charge in [-0.05, 0) is 56.3 Å². The van der Waals surface area contributed by atoms with Gasteiger partial charge in [-0.3, -0.25) is 9.69 Å². The second-order valence-corrected chi connectivity index (χ2v) is 12.9. The summed E-state index contributed by atoms with van der Waals surface area (Å²) in [6.45, 7) is 8.48. The molecular weight excluding hydrogens is 602 g/mol. The molecule has 1 atom stereocenters. The number of anilines is 2. The minimum atomic E-state index is -0.259. The molecule has 242 valence electrons. The van der Waals surface area contributed by atoms with Gasteiger partial charge in [0.15, 0.2) is 0 Å². The lowest BCUT2D eigenvalue weighted by Crippen LogP contribution is -2.56. The van der Waals surface area contributed by atoms with E-state index < -0.39 is 0 Å². The Morgan fingerprint density at radius 3 is 2.72 bits per heavy atom. The summed E-state index contributed by atoms with van der Waals surface area (Å²) in [5.41, 5.74) is 3.14. The van der Waals surface area contributed by atoms with E-state index in [4.69, 9.17) is 31.0 Å². The zero-order chi connectivity index (χ0) is 32.3. The zero-order valence-electron chi connectivity index (χ0n) is 26.8. The van der Waals surface area contributed by atoms with Gasteiger partial charge in [0.05, 0.1) is 42.4 Å². The summed E-state index contributed by atoms with van der Waals surface area (Å²) in [4.78, 5) is 31.2. The number of likely N-dealkylation sites (N-methyl/N-ethyl adjacent to an activating group) is 1. The molecule has 0 spiro atoms. The molecule has 2 aromatic carbocycles.